The number of nitrogens with one attached hydrogen (secondary N) is 1. The monoisotopic (exact) mass is 372 g/mol. The molecule has 0 aromatic heterocycles. The molecule has 2 aromatic rings. The summed E-state index contributed by atoms with van der Waals surface area (Å²) in [5, 5.41) is 0. The minimum Gasteiger partial charge on any atom is -0.312 e. The Morgan fingerprint density at radius 1 is 1.08 bits per heavy atom. The predicted octanol–water partition coefficient (Wildman–Crippen LogP) is 3.69. The van der Waals surface area contributed by atoms with E-state index in [2.05, 4.69) is 25.5 Å². The maximum absolute atomic E-state index is 12.7. The highest BCUT2D eigenvalue weighted by Gasteiger charge is 2.26. The molecule has 3 rings (SSSR count). The Hall–Kier alpha value is -2.34. The van der Waals surface area contributed by atoms with Crippen molar-refractivity contribution in [3.05, 3.63) is 53.6 Å². The molecule has 0 unspecified atom stereocenters. The van der Waals surface area contributed by atoms with E-state index in [4.69, 9.17) is 0 Å². The minimum atomic E-state index is -3.67. The van der Waals surface area contributed by atoms with E-state index in [-0.39, 0.29) is 16.2 Å². The summed E-state index contributed by atoms with van der Waals surface area (Å²) in [7, 11) is -3.67. The van der Waals surface area contributed by atoms with Crippen molar-refractivity contribution in [2.45, 2.75) is 44.4 Å². The number of carbonyl (C=O) groups is 1. The summed E-state index contributed by atoms with van der Waals surface area (Å²) in [6, 6.07) is 12.2. The van der Waals surface area contributed by atoms with Crippen molar-refractivity contribution in [2.75, 3.05) is 16.2 Å². The van der Waals surface area contributed by atoms with Crippen LogP contribution in [-0.2, 0) is 26.7 Å². The van der Waals surface area contributed by atoms with Crippen LogP contribution in [-0.4, -0.2) is 20.9 Å². The first-order valence-electron chi connectivity index (χ1n) is 8.68. The van der Waals surface area contributed by atoms with E-state index in [9.17, 15) is 13.2 Å². The summed E-state index contributed by atoms with van der Waals surface area (Å²) in [6.45, 7) is 8.78. The molecule has 0 atom stereocenters. The zero-order valence-corrected chi connectivity index (χ0v) is 16.4. The molecule has 2 aromatic carbocycles. The van der Waals surface area contributed by atoms with Gasteiger partial charge in [0.2, 0.25) is 5.91 Å². The lowest BCUT2D eigenvalue weighted by Crippen LogP contribution is -2.25. The fourth-order valence-corrected chi connectivity index (χ4v) is 4.19. The number of anilines is 2. The van der Waals surface area contributed by atoms with Crippen molar-refractivity contribution >= 4 is 27.3 Å². The summed E-state index contributed by atoms with van der Waals surface area (Å²) in [5.41, 5.74) is 3.21. The molecule has 1 aliphatic rings. The molecule has 0 bridgehead atoms. The third kappa shape index (κ3) is 3.46. The number of sulfonamides is 1. The van der Waals surface area contributed by atoms with Gasteiger partial charge in [0.05, 0.1) is 11.3 Å². The number of amides is 1. The molecule has 6 heteroatoms. The smallest absolute Gasteiger partial charge is 0.261 e. The molecular weight excluding hydrogens is 348 g/mol. The second-order valence-corrected chi connectivity index (χ2v) is 9.22. The van der Waals surface area contributed by atoms with E-state index in [0.717, 1.165) is 16.8 Å². The Morgan fingerprint density at radius 2 is 1.73 bits per heavy atom. The first-order valence-corrected chi connectivity index (χ1v) is 10.2. The van der Waals surface area contributed by atoms with Crippen LogP contribution in [0.4, 0.5) is 11.4 Å². The molecule has 0 radical (unpaired) electrons. The fourth-order valence-electron chi connectivity index (χ4n) is 3.14. The molecule has 26 heavy (non-hydrogen) atoms. The van der Waals surface area contributed by atoms with E-state index in [0.29, 0.717) is 18.7 Å². The van der Waals surface area contributed by atoms with Crippen LogP contribution >= 0.6 is 0 Å². The maximum Gasteiger partial charge on any atom is 0.261 e. The Balaban J connectivity index is 1.85. The SMILES string of the molecule is CCN1C(=O)Cc2cc(NS(=O)(=O)c3ccc(C(C)(C)C)cc3)ccc21. The molecule has 0 saturated heterocycles. The molecule has 1 amide bonds. The largest absolute Gasteiger partial charge is 0.312 e. The van der Waals surface area contributed by atoms with E-state index >= 15 is 0 Å². The van der Waals surface area contributed by atoms with E-state index in [1.54, 1.807) is 35.2 Å². The van der Waals surface area contributed by atoms with Crippen LogP contribution in [0.3, 0.4) is 0 Å². The average molecular weight is 372 g/mol. The van der Waals surface area contributed by atoms with Gasteiger partial charge in [-0.05, 0) is 53.8 Å². The number of likely N-dealkylation sites (N-methyl/N-ethyl adjacent to an activating group) is 1. The van der Waals surface area contributed by atoms with Crippen molar-refractivity contribution in [1.82, 2.24) is 0 Å². The molecule has 1 heterocycles. The summed E-state index contributed by atoms with van der Waals surface area (Å²) in [5.74, 6) is 0.0419. The van der Waals surface area contributed by atoms with Gasteiger partial charge < -0.3 is 4.90 Å². The van der Waals surface area contributed by atoms with Crippen molar-refractivity contribution < 1.29 is 13.2 Å². The normalized spacial score (nSPS) is 14.5. The Kier molecular flexibility index (Phi) is 4.56. The second kappa shape index (κ2) is 6.43. The molecule has 5 nitrogen and oxygen atoms in total. The van der Waals surface area contributed by atoms with Gasteiger partial charge in [-0.15, -0.1) is 0 Å². The predicted molar refractivity (Wildman–Crippen MR) is 104 cm³/mol. The van der Waals surface area contributed by atoms with Crippen molar-refractivity contribution in [1.29, 1.82) is 0 Å². The topological polar surface area (TPSA) is 66.5 Å². The van der Waals surface area contributed by atoms with Gasteiger partial charge >= 0.3 is 0 Å². The quantitative estimate of drug-likeness (QED) is 0.890. The molecule has 0 saturated carbocycles. The maximum atomic E-state index is 12.7. The lowest BCUT2D eigenvalue weighted by Gasteiger charge is -2.19. The molecule has 138 valence electrons. The van der Waals surface area contributed by atoms with Crippen LogP contribution in [0.15, 0.2) is 47.4 Å². The van der Waals surface area contributed by atoms with Gasteiger partial charge in [0.15, 0.2) is 0 Å². The van der Waals surface area contributed by atoms with Gasteiger partial charge in [-0.3, -0.25) is 9.52 Å². The number of carbonyl (C=O) groups excluding carboxylic acids is 1. The number of hydrogen-bond donors (Lipinski definition) is 1. The van der Waals surface area contributed by atoms with Crippen LogP contribution in [0.1, 0.15) is 38.8 Å². The molecule has 1 aliphatic heterocycles. The van der Waals surface area contributed by atoms with Gasteiger partial charge in [0, 0.05) is 17.9 Å². The third-order valence-electron chi connectivity index (χ3n) is 4.61. The van der Waals surface area contributed by atoms with E-state index in [1.165, 1.54) is 0 Å². The van der Waals surface area contributed by atoms with E-state index in [1.807, 2.05) is 19.1 Å². The van der Waals surface area contributed by atoms with E-state index < -0.39 is 10.0 Å². The number of fused-ring (bicyclic) bond motifs is 1. The summed E-state index contributed by atoms with van der Waals surface area (Å²) >= 11 is 0. The van der Waals surface area contributed by atoms with Crippen LogP contribution in [0, 0.1) is 0 Å². The first kappa shape index (κ1) is 18.5. The van der Waals surface area contributed by atoms with Gasteiger partial charge in [0.1, 0.15) is 0 Å². The first-order chi connectivity index (χ1) is 12.1. The average Bonchev–Trinajstić information content (AvgIpc) is 2.88. The number of nitrogens with zero attached hydrogens (tertiary/aromatic N) is 1. The molecule has 0 spiro atoms. The van der Waals surface area contributed by atoms with Gasteiger partial charge in [-0.2, -0.15) is 0 Å². The highest BCUT2D eigenvalue weighted by Crippen LogP contribution is 2.32. The summed E-state index contributed by atoms with van der Waals surface area (Å²) in [4.78, 5) is 13.9. The molecule has 1 N–H and O–H groups in total. The number of benzene rings is 2. The lowest BCUT2D eigenvalue weighted by molar-refractivity contribution is -0.117. The highest BCUT2D eigenvalue weighted by atomic mass is 32.2. The van der Waals surface area contributed by atoms with Gasteiger partial charge in [-0.1, -0.05) is 32.9 Å². The standard InChI is InChI=1S/C20H24N2O3S/c1-5-22-18-11-8-16(12-14(18)13-19(22)23)21-26(24,25)17-9-6-15(7-10-17)20(2,3)4/h6-12,21H,5,13H2,1-4H3. The van der Waals surface area contributed by atoms with Crippen LogP contribution in [0.2, 0.25) is 0 Å². The Bertz CT molecular complexity index is 942. The fraction of sp³-hybridized carbons (Fsp3) is 0.350. The Labute approximate surface area is 155 Å². The van der Waals surface area contributed by atoms with Crippen LogP contribution in [0.25, 0.3) is 0 Å². The minimum absolute atomic E-state index is 0.0343. The van der Waals surface area contributed by atoms with Gasteiger partial charge in [0.25, 0.3) is 10.0 Å². The summed E-state index contributed by atoms with van der Waals surface area (Å²) < 4.78 is 27.9. The van der Waals surface area contributed by atoms with Crippen molar-refractivity contribution in [3.63, 3.8) is 0 Å². The third-order valence-corrected chi connectivity index (χ3v) is 6.01. The lowest BCUT2D eigenvalue weighted by atomic mass is 9.87. The molecular formula is C20H24N2O3S. The second-order valence-electron chi connectivity index (χ2n) is 7.54. The van der Waals surface area contributed by atoms with Crippen LogP contribution < -0.4 is 9.62 Å². The molecule has 0 fully saturated rings. The number of rotatable bonds is 4. The summed E-state index contributed by atoms with van der Waals surface area (Å²) in [6.07, 6.45) is 0.305. The highest BCUT2D eigenvalue weighted by molar-refractivity contribution is 7.92. The number of hydrogen-bond acceptors (Lipinski definition) is 3. The molecule has 0 aliphatic carbocycles. The van der Waals surface area contributed by atoms with Crippen molar-refractivity contribution in [3.8, 4) is 0 Å². The van der Waals surface area contributed by atoms with Crippen molar-refractivity contribution in [2.24, 2.45) is 0 Å². The van der Waals surface area contributed by atoms with Gasteiger partial charge in [-0.25, -0.2) is 8.42 Å². The zero-order chi connectivity index (χ0) is 19.1. The Morgan fingerprint density at radius 3 is 2.31 bits per heavy atom. The zero-order valence-electron chi connectivity index (χ0n) is 15.5. The van der Waals surface area contributed by atoms with Crippen LogP contribution in [0.5, 0.6) is 0 Å².